The van der Waals surface area contributed by atoms with Gasteiger partial charge in [-0.25, -0.2) is 0 Å². The smallest absolute Gasteiger partial charge is 0.174 e. The van der Waals surface area contributed by atoms with Crippen molar-refractivity contribution in [3.8, 4) is 0 Å². The number of carbonyl (C=O) groups excluding carboxylic acids is 1. The quantitative estimate of drug-likeness (QED) is 0.735. The molecule has 2 heteroatoms. The van der Waals surface area contributed by atoms with Gasteiger partial charge in [-0.1, -0.05) is 43.2 Å². The summed E-state index contributed by atoms with van der Waals surface area (Å²) < 4.78 is 0. The molecule has 0 radical (unpaired) electrons. The Labute approximate surface area is 118 Å². The van der Waals surface area contributed by atoms with Crippen molar-refractivity contribution in [2.75, 3.05) is 0 Å². The number of hydrogen-bond donors (Lipinski definition) is 0. The summed E-state index contributed by atoms with van der Waals surface area (Å²) in [5, 5.41) is 2.01. The topological polar surface area (TPSA) is 17.1 Å². The molecule has 19 heavy (non-hydrogen) atoms. The molecule has 1 nitrogen and oxygen atoms in total. The van der Waals surface area contributed by atoms with Crippen molar-refractivity contribution >= 4 is 17.1 Å². The second kappa shape index (κ2) is 4.93. The third-order valence-electron chi connectivity index (χ3n) is 4.21. The third kappa shape index (κ3) is 2.14. The minimum absolute atomic E-state index is 0.269. The fourth-order valence-corrected chi connectivity index (χ4v) is 3.90. The molecule has 0 unspecified atom stereocenters. The zero-order valence-corrected chi connectivity index (χ0v) is 12.0. The standard InChI is InChI=1S/C17H18OS/c1-13-11-14(12-19-13)16(18)17(9-5-6-10-17)15-7-3-2-4-8-15/h2-4,7-8,11-12H,5-6,9-10H2,1H3. The Morgan fingerprint density at radius 3 is 2.42 bits per heavy atom. The molecule has 3 rings (SSSR count). The maximum absolute atomic E-state index is 13.0. The lowest BCUT2D eigenvalue weighted by Crippen LogP contribution is -2.32. The van der Waals surface area contributed by atoms with Gasteiger partial charge in [0.2, 0.25) is 0 Å². The van der Waals surface area contributed by atoms with Crippen LogP contribution in [0, 0.1) is 6.92 Å². The van der Waals surface area contributed by atoms with E-state index in [1.165, 1.54) is 10.4 Å². The number of ketones is 1. The average molecular weight is 270 g/mol. The van der Waals surface area contributed by atoms with Gasteiger partial charge >= 0.3 is 0 Å². The summed E-state index contributed by atoms with van der Waals surface area (Å²) >= 11 is 1.66. The third-order valence-corrected chi connectivity index (χ3v) is 5.07. The van der Waals surface area contributed by atoms with E-state index in [0.717, 1.165) is 31.2 Å². The van der Waals surface area contributed by atoms with Gasteiger partial charge in [-0.3, -0.25) is 4.79 Å². The van der Waals surface area contributed by atoms with Crippen molar-refractivity contribution in [1.82, 2.24) is 0 Å². The lowest BCUT2D eigenvalue weighted by atomic mass is 9.73. The molecule has 0 atom stereocenters. The molecule has 1 aromatic carbocycles. The van der Waals surface area contributed by atoms with Crippen LogP contribution >= 0.6 is 11.3 Å². The maximum Gasteiger partial charge on any atom is 0.174 e. The van der Waals surface area contributed by atoms with Crippen LogP contribution in [0.5, 0.6) is 0 Å². The minimum atomic E-state index is -0.269. The summed E-state index contributed by atoms with van der Waals surface area (Å²) in [6.07, 6.45) is 4.29. The highest BCUT2D eigenvalue weighted by Crippen LogP contribution is 2.43. The van der Waals surface area contributed by atoms with Gasteiger partial charge in [0.1, 0.15) is 0 Å². The van der Waals surface area contributed by atoms with Crippen LogP contribution in [0.2, 0.25) is 0 Å². The Kier molecular flexibility index (Phi) is 3.28. The van der Waals surface area contributed by atoms with Crippen molar-refractivity contribution in [3.05, 3.63) is 57.8 Å². The molecule has 1 aromatic heterocycles. The number of rotatable bonds is 3. The number of carbonyl (C=O) groups is 1. The summed E-state index contributed by atoms with van der Waals surface area (Å²) in [7, 11) is 0. The van der Waals surface area contributed by atoms with E-state index >= 15 is 0 Å². The highest BCUT2D eigenvalue weighted by atomic mass is 32.1. The molecule has 98 valence electrons. The zero-order chi connectivity index (χ0) is 13.3. The van der Waals surface area contributed by atoms with E-state index in [1.807, 2.05) is 29.6 Å². The van der Waals surface area contributed by atoms with Gasteiger partial charge in [0, 0.05) is 15.8 Å². The molecule has 1 aliphatic rings. The Morgan fingerprint density at radius 2 is 1.84 bits per heavy atom. The molecular formula is C17H18OS. The Hall–Kier alpha value is -1.41. The molecule has 1 fully saturated rings. The monoisotopic (exact) mass is 270 g/mol. The molecule has 1 heterocycles. The molecule has 0 aliphatic heterocycles. The summed E-state index contributed by atoms with van der Waals surface area (Å²) in [5.41, 5.74) is 1.82. The van der Waals surface area contributed by atoms with Gasteiger partial charge < -0.3 is 0 Å². The van der Waals surface area contributed by atoms with Crippen LogP contribution in [-0.4, -0.2) is 5.78 Å². The molecule has 0 N–H and O–H groups in total. The van der Waals surface area contributed by atoms with Crippen LogP contribution < -0.4 is 0 Å². The Bertz CT molecular complexity index is 576. The van der Waals surface area contributed by atoms with Gasteiger partial charge in [-0.05, 0) is 31.4 Å². The second-order valence-corrected chi connectivity index (χ2v) is 6.55. The molecule has 0 bridgehead atoms. The minimum Gasteiger partial charge on any atom is -0.293 e. The fraction of sp³-hybridized carbons (Fsp3) is 0.353. The van der Waals surface area contributed by atoms with Crippen molar-refractivity contribution in [2.45, 2.75) is 38.0 Å². The summed E-state index contributed by atoms with van der Waals surface area (Å²) in [6, 6.07) is 12.4. The van der Waals surface area contributed by atoms with Gasteiger partial charge in [0.05, 0.1) is 5.41 Å². The van der Waals surface area contributed by atoms with Crippen LogP contribution in [0.1, 0.15) is 46.5 Å². The number of hydrogen-bond acceptors (Lipinski definition) is 2. The lowest BCUT2D eigenvalue weighted by Gasteiger charge is -2.27. The van der Waals surface area contributed by atoms with Crippen LogP contribution in [-0.2, 0) is 5.41 Å². The predicted octanol–water partition coefficient (Wildman–Crippen LogP) is 4.75. The van der Waals surface area contributed by atoms with Crippen molar-refractivity contribution < 1.29 is 4.79 Å². The van der Waals surface area contributed by atoms with E-state index in [1.54, 1.807) is 11.3 Å². The van der Waals surface area contributed by atoms with E-state index in [0.29, 0.717) is 5.78 Å². The number of aryl methyl sites for hydroxylation is 1. The van der Waals surface area contributed by atoms with E-state index < -0.39 is 0 Å². The highest BCUT2D eigenvalue weighted by Gasteiger charge is 2.42. The average Bonchev–Trinajstić information content (AvgIpc) is 3.08. The first-order valence-corrected chi connectivity index (χ1v) is 7.76. The first-order valence-electron chi connectivity index (χ1n) is 6.88. The summed E-state index contributed by atoms with van der Waals surface area (Å²) in [5.74, 6) is 0.320. The predicted molar refractivity (Wildman–Crippen MR) is 80.0 cm³/mol. The molecule has 0 amide bonds. The first-order chi connectivity index (χ1) is 9.22. The van der Waals surface area contributed by atoms with E-state index in [2.05, 4.69) is 19.1 Å². The molecule has 1 saturated carbocycles. The van der Waals surface area contributed by atoms with Gasteiger partial charge in [-0.15, -0.1) is 11.3 Å². The largest absolute Gasteiger partial charge is 0.293 e. The molecule has 2 aromatic rings. The van der Waals surface area contributed by atoms with Crippen molar-refractivity contribution in [1.29, 1.82) is 0 Å². The number of thiophene rings is 1. The Morgan fingerprint density at radius 1 is 1.16 bits per heavy atom. The second-order valence-electron chi connectivity index (χ2n) is 5.43. The Balaban J connectivity index is 2.04. The van der Waals surface area contributed by atoms with E-state index in [-0.39, 0.29) is 5.41 Å². The van der Waals surface area contributed by atoms with Gasteiger partial charge in [-0.2, -0.15) is 0 Å². The molecular weight excluding hydrogens is 252 g/mol. The first kappa shape index (κ1) is 12.6. The van der Waals surface area contributed by atoms with Gasteiger partial charge in [0.25, 0.3) is 0 Å². The normalized spacial score (nSPS) is 17.5. The lowest BCUT2D eigenvalue weighted by molar-refractivity contribution is 0.0886. The van der Waals surface area contributed by atoms with E-state index in [9.17, 15) is 4.79 Å². The van der Waals surface area contributed by atoms with Crippen LogP contribution in [0.15, 0.2) is 41.8 Å². The van der Waals surface area contributed by atoms with Crippen LogP contribution in [0.25, 0.3) is 0 Å². The molecule has 0 spiro atoms. The van der Waals surface area contributed by atoms with Crippen LogP contribution in [0.4, 0.5) is 0 Å². The number of Topliss-reactive ketones (excluding diaryl/α,β-unsaturated/α-hetero) is 1. The van der Waals surface area contributed by atoms with E-state index in [4.69, 9.17) is 0 Å². The number of benzene rings is 1. The molecule has 1 aliphatic carbocycles. The molecule has 0 saturated heterocycles. The maximum atomic E-state index is 13.0. The van der Waals surface area contributed by atoms with Crippen molar-refractivity contribution in [3.63, 3.8) is 0 Å². The van der Waals surface area contributed by atoms with Gasteiger partial charge in [0.15, 0.2) is 5.78 Å². The van der Waals surface area contributed by atoms with Crippen molar-refractivity contribution in [2.24, 2.45) is 0 Å². The fourth-order valence-electron chi connectivity index (χ4n) is 3.22. The highest BCUT2D eigenvalue weighted by molar-refractivity contribution is 7.10. The zero-order valence-electron chi connectivity index (χ0n) is 11.2. The summed E-state index contributed by atoms with van der Waals surface area (Å²) in [4.78, 5) is 14.2. The van der Waals surface area contributed by atoms with Crippen LogP contribution in [0.3, 0.4) is 0 Å². The summed E-state index contributed by atoms with van der Waals surface area (Å²) in [6.45, 7) is 2.06. The SMILES string of the molecule is Cc1cc(C(=O)C2(c3ccccc3)CCCC2)cs1.